The van der Waals surface area contributed by atoms with E-state index in [1.807, 2.05) is 17.5 Å². The highest BCUT2D eigenvalue weighted by atomic mass is 127. The lowest BCUT2D eigenvalue weighted by atomic mass is 9.83. The van der Waals surface area contributed by atoms with Crippen LogP contribution < -0.4 is 10.6 Å². The first-order chi connectivity index (χ1) is 13.2. The molecule has 0 amide bonds. The van der Waals surface area contributed by atoms with E-state index in [1.165, 1.54) is 25.7 Å². The fraction of sp³-hybridized carbons (Fsp3) is 0.600. The van der Waals surface area contributed by atoms with Gasteiger partial charge in [-0.3, -0.25) is 4.99 Å². The standard InChI is InChI=1S/C20H30N4O2S.HI/c1-3-25-11-10-20(8-4-5-9-20)15-23-19(21-2)22-13-16-14-26-18(24-16)17-7-6-12-27-17;/h6-7,12,14H,3-5,8-11,13,15H2,1-2H3,(H2,21,22,23);1H. The molecule has 2 aromatic heterocycles. The summed E-state index contributed by atoms with van der Waals surface area (Å²) in [5.41, 5.74) is 1.20. The zero-order chi connectivity index (χ0) is 19.0. The monoisotopic (exact) mass is 518 g/mol. The van der Waals surface area contributed by atoms with Crippen molar-refractivity contribution in [1.82, 2.24) is 15.6 Å². The first kappa shape index (κ1) is 23.2. The van der Waals surface area contributed by atoms with Gasteiger partial charge in [0.05, 0.1) is 17.1 Å². The van der Waals surface area contributed by atoms with Crippen molar-refractivity contribution < 1.29 is 9.15 Å². The molecule has 1 aliphatic rings. The summed E-state index contributed by atoms with van der Waals surface area (Å²) in [6.07, 6.45) is 7.96. The first-order valence-corrected chi connectivity index (χ1v) is 10.6. The third-order valence-corrected chi connectivity index (χ3v) is 6.08. The Balaban J connectivity index is 0.00000280. The minimum absolute atomic E-state index is 0. The smallest absolute Gasteiger partial charge is 0.236 e. The molecule has 0 bridgehead atoms. The number of ether oxygens (including phenoxy) is 1. The van der Waals surface area contributed by atoms with E-state index in [2.05, 4.69) is 27.5 Å². The Bertz CT molecular complexity index is 712. The van der Waals surface area contributed by atoms with E-state index in [4.69, 9.17) is 9.15 Å². The van der Waals surface area contributed by atoms with Gasteiger partial charge in [0.25, 0.3) is 0 Å². The topological polar surface area (TPSA) is 71.7 Å². The van der Waals surface area contributed by atoms with Crippen molar-refractivity contribution in [3.05, 3.63) is 29.5 Å². The molecule has 28 heavy (non-hydrogen) atoms. The van der Waals surface area contributed by atoms with E-state index in [0.29, 0.717) is 17.9 Å². The van der Waals surface area contributed by atoms with Gasteiger partial charge in [-0.1, -0.05) is 18.9 Å². The van der Waals surface area contributed by atoms with Crippen molar-refractivity contribution in [2.45, 2.75) is 45.6 Å². The van der Waals surface area contributed by atoms with Crippen LogP contribution >= 0.6 is 35.3 Å². The molecular formula is C20H31IN4O2S. The fourth-order valence-corrected chi connectivity index (χ4v) is 4.30. The first-order valence-electron chi connectivity index (χ1n) is 9.75. The molecule has 0 unspecified atom stereocenters. The molecule has 0 aromatic carbocycles. The number of rotatable bonds is 9. The number of nitrogens with one attached hydrogen (secondary N) is 2. The van der Waals surface area contributed by atoms with Crippen LogP contribution in [-0.4, -0.2) is 37.7 Å². The Hall–Kier alpha value is -1.13. The van der Waals surface area contributed by atoms with Crippen LogP contribution in [0.1, 0.15) is 44.7 Å². The molecule has 2 heterocycles. The number of halogens is 1. The third kappa shape index (κ3) is 6.45. The van der Waals surface area contributed by atoms with Crippen molar-refractivity contribution in [1.29, 1.82) is 0 Å². The number of hydrogen-bond donors (Lipinski definition) is 2. The van der Waals surface area contributed by atoms with Crippen LogP contribution in [0.25, 0.3) is 10.8 Å². The molecule has 3 rings (SSSR count). The zero-order valence-corrected chi connectivity index (χ0v) is 19.8. The summed E-state index contributed by atoms with van der Waals surface area (Å²) in [7, 11) is 1.80. The highest BCUT2D eigenvalue weighted by Crippen LogP contribution is 2.40. The molecule has 6 nitrogen and oxygen atoms in total. The van der Waals surface area contributed by atoms with Crippen molar-refractivity contribution in [3.63, 3.8) is 0 Å². The second-order valence-corrected chi connectivity index (χ2v) is 8.00. The maximum atomic E-state index is 5.60. The van der Waals surface area contributed by atoms with Crippen LogP contribution in [0.15, 0.2) is 33.2 Å². The highest BCUT2D eigenvalue weighted by molar-refractivity contribution is 14.0. The minimum Gasteiger partial charge on any atom is -0.443 e. The molecule has 2 aromatic rings. The lowest BCUT2D eigenvalue weighted by molar-refractivity contribution is 0.105. The van der Waals surface area contributed by atoms with Gasteiger partial charge in [0.1, 0.15) is 6.26 Å². The summed E-state index contributed by atoms with van der Waals surface area (Å²) < 4.78 is 11.2. The van der Waals surface area contributed by atoms with Gasteiger partial charge < -0.3 is 19.8 Å². The van der Waals surface area contributed by atoms with E-state index in [1.54, 1.807) is 24.6 Å². The van der Waals surface area contributed by atoms with Crippen LogP contribution in [0.5, 0.6) is 0 Å². The van der Waals surface area contributed by atoms with Gasteiger partial charge in [0, 0.05) is 26.8 Å². The van der Waals surface area contributed by atoms with Gasteiger partial charge in [0.15, 0.2) is 5.96 Å². The van der Waals surface area contributed by atoms with Crippen molar-refractivity contribution >= 4 is 41.3 Å². The Morgan fingerprint density at radius 1 is 1.36 bits per heavy atom. The lowest BCUT2D eigenvalue weighted by Gasteiger charge is -2.30. The molecular weight excluding hydrogens is 487 g/mol. The van der Waals surface area contributed by atoms with Crippen LogP contribution in [0.4, 0.5) is 0 Å². The Kier molecular flexibility index (Phi) is 9.73. The summed E-state index contributed by atoms with van der Waals surface area (Å²) in [5, 5.41) is 8.87. The maximum Gasteiger partial charge on any atom is 0.236 e. The van der Waals surface area contributed by atoms with E-state index in [0.717, 1.165) is 42.7 Å². The van der Waals surface area contributed by atoms with Gasteiger partial charge in [-0.15, -0.1) is 35.3 Å². The number of oxazole rings is 1. The molecule has 1 aliphatic carbocycles. The number of aliphatic imine (C=N–C) groups is 1. The molecule has 2 N–H and O–H groups in total. The number of thiophene rings is 1. The number of nitrogens with zero attached hydrogens (tertiary/aromatic N) is 2. The molecule has 0 saturated heterocycles. The van der Waals surface area contributed by atoms with Crippen molar-refractivity contribution in [3.8, 4) is 10.8 Å². The highest BCUT2D eigenvalue weighted by Gasteiger charge is 2.33. The molecule has 1 saturated carbocycles. The average Bonchev–Trinajstić information content (AvgIpc) is 3.44. The number of aromatic nitrogens is 1. The Morgan fingerprint density at radius 2 is 2.18 bits per heavy atom. The molecule has 0 atom stereocenters. The zero-order valence-electron chi connectivity index (χ0n) is 16.7. The predicted molar refractivity (Wildman–Crippen MR) is 125 cm³/mol. The van der Waals surface area contributed by atoms with Crippen LogP contribution in [0.2, 0.25) is 0 Å². The molecule has 156 valence electrons. The molecule has 1 fully saturated rings. The fourth-order valence-electron chi connectivity index (χ4n) is 3.64. The summed E-state index contributed by atoms with van der Waals surface area (Å²) in [4.78, 5) is 9.94. The quantitative estimate of drug-likeness (QED) is 0.219. The van der Waals surface area contributed by atoms with Gasteiger partial charge in [-0.05, 0) is 43.0 Å². The normalized spacial score (nSPS) is 16.0. The van der Waals surface area contributed by atoms with Crippen molar-refractivity contribution in [2.75, 3.05) is 26.8 Å². The SMILES string of the molecule is CCOCCC1(CNC(=NC)NCc2coc(-c3cccs3)n2)CCCC1.I. The second-order valence-electron chi connectivity index (χ2n) is 7.05. The van der Waals surface area contributed by atoms with Gasteiger partial charge >= 0.3 is 0 Å². The van der Waals surface area contributed by atoms with E-state index < -0.39 is 0 Å². The van der Waals surface area contributed by atoms with Crippen LogP contribution in [0, 0.1) is 5.41 Å². The van der Waals surface area contributed by atoms with Gasteiger partial charge in [0.2, 0.25) is 5.89 Å². The minimum atomic E-state index is 0. The molecule has 8 heteroatoms. The Labute approximate surface area is 188 Å². The number of guanidine groups is 1. The third-order valence-electron chi connectivity index (χ3n) is 5.22. The summed E-state index contributed by atoms with van der Waals surface area (Å²) in [6.45, 7) is 5.20. The van der Waals surface area contributed by atoms with Gasteiger partial charge in [-0.25, -0.2) is 4.98 Å². The number of hydrogen-bond acceptors (Lipinski definition) is 5. The lowest BCUT2D eigenvalue weighted by Crippen LogP contribution is -2.43. The van der Waals surface area contributed by atoms with E-state index in [-0.39, 0.29) is 24.0 Å². The summed E-state index contributed by atoms with van der Waals surface area (Å²) >= 11 is 1.63. The van der Waals surface area contributed by atoms with Gasteiger partial charge in [-0.2, -0.15) is 0 Å². The summed E-state index contributed by atoms with van der Waals surface area (Å²) in [5.74, 6) is 1.48. The predicted octanol–water partition coefficient (Wildman–Crippen LogP) is 4.67. The van der Waals surface area contributed by atoms with Crippen molar-refractivity contribution in [2.24, 2.45) is 10.4 Å². The summed E-state index contributed by atoms with van der Waals surface area (Å²) in [6, 6.07) is 4.01. The second kappa shape index (κ2) is 11.8. The Morgan fingerprint density at radius 3 is 2.86 bits per heavy atom. The maximum absolute atomic E-state index is 5.60. The largest absolute Gasteiger partial charge is 0.443 e. The molecule has 0 aliphatic heterocycles. The van der Waals surface area contributed by atoms with E-state index >= 15 is 0 Å². The van der Waals surface area contributed by atoms with Crippen LogP contribution in [-0.2, 0) is 11.3 Å². The average molecular weight is 518 g/mol. The van der Waals surface area contributed by atoms with E-state index in [9.17, 15) is 0 Å². The molecule has 0 spiro atoms. The van der Waals surface area contributed by atoms with Crippen LogP contribution in [0.3, 0.4) is 0 Å². The molecule has 0 radical (unpaired) electrons.